The minimum absolute atomic E-state index is 0.356. The zero-order chi connectivity index (χ0) is 15.7. The molecule has 22 heavy (non-hydrogen) atoms. The summed E-state index contributed by atoms with van der Waals surface area (Å²) >= 11 is 0. The van der Waals surface area contributed by atoms with Gasteiger partial charge in [0.25, 0.3) is 0 Å². The van der Waals surface area contributed by atoms with E-state index in [1.807, 2.05) is 42.5 Å². The van der Waals surface area contributed by atoms with Crippen molar-refractivity contribution in [1.29, 1.82) is 0 Å². The average Bonchev–Trinajstić information content (AvgIpc) is 2.83. The number of aryl methyl sites for hydroxylation is 1. The number of nitrogens with two attached hydrogens (primary N) is 1. The summed E-state index contributed by atoms with van der Waals surface area (Å²) in [7, 11) is -1.37. The SMILES string of the molecule is CCc1ccc(S(=O)NC2c3cc(N)ccc3C[C@H]2O)cc1. The molecule has 0 spiro atoms. The predicted octanol–water partition coefficient (Wildman–Crippen LogP) is 2.10. The Morgan fingerprint density at radius 1 is 1.27 bits per heavy atom. The molecule has 0 aliphatic heterocycles. The van der Waals surface area contributed by atoms with Gasteiger partial charge >= 0.3 is 0 Å². The van der Waals surface area contributed by atoms with Crippen LogP contribution in [0.1, 0.15) is 29.7 Å². The van der Waals surface area contributed by atoms with E-state index in [0.717, 1.165) is 17.5 Å². The smallest absolute Gasteiger partial charge is 0.125 e. The van der Waals surface area contributed by atoms with Crippen molar-refractivity contribution in [3.8, 4) is 0 Å². The number of anilines is 1. The molecule has 2 unspecified atom stereocenters. The third-order valence-electron chi connectivity index (χ3n) is 4.10. The van der Waals surface area contributed by atoms with Crippen molar-refractivity contribution in [1.82, 2.24) is 4.72 Å². The molecule has 0 saturated heterocycles. The molecule has 3 atom stereocenters. The molecule has 0 heterocycles. The van der Waals surface area contributed by atoms with Crippen LogP contribution in [0.25, 0.3) is 0 Å². The van der Waals surface area contributed by atoms with E-state index in [4.69, 9.17) is 5.73 Å². The largest absolute Gasteiger partial charge is 0.399 e. The Bertz CT molecular complexity index is 700. The zero-order valence-corrected chi connectivity index (χ0v) is 13.3. The van der Waals surface area contributed by atoms with Crippen LogP contribution in [-0.4, -0.2) is 15.4 Å². The molecule has 116 valence electrons. The Morgan fingerprint density at radius 3 is 2.68 bits per heavy atom. The molecule has 0 fully saturated rings. The number of aliphatic hydroxyl groups is 1. The third-order valence-corrected chi connectivity index (χ3v) is 5.27. The van der Waals surface area contributed by atoms with Gasteiger partial charge in [0.1, 0.15) is 11.0 Å². The van der Waals surface area contributed by atoms with Gasteiger partial charge < -0.3 is 10.8 Å². The van der Waals surface area contributed by atoms with Gasteiger partial charge in [-0.1, -0.05) is 25.1 Å². The van der Waals surface area contributed by atoms with Gasteiger partial charge in [0.05, 0.1) is 17.0 Å². The van der Waals surface area contributed by atoms with Gasteiger partial charge in [-0.05, 0) is 47.4 Å². The molecular weight excluding hydrogens is 296 g/mol. The van der Waals surface area contributed by atoms with Crippen LogP contribution in [0.5, 0.6) is 0 Å². The van der Waals surface area contributed by atoms with Gasteiger partial charge in [0.15, 0.2) is 0 Å². The van der Waals surface area contributed by atoms with E-state index in [1.54, 1.807) is 0 Å². The molecule has 0 radical (unpaired) electrons. The number of benzene rings is 2. The molecule has 1 aliphatic carbocycles. The van der Waals surface area contributed by atoms with E-state index < -0.39 is 17.1 Å². The van der Waals surface area contributed by atoms with Crippen molar-refractivity contribution >= 4 is 16.7 Å². The molecule has 0 bridgehead atoms. The highest BCUT2D eigenvalue weighted by atomic mass is 32.2. The lowest BCUT2D eigenvalue weighted by Gasteiger charge is -2.17. The molecule has 5 heteroatoms. The first-order chi connectivity index (χ1) is 10.6. The molecular formula is C17H20N2O2S. The van der Waals surface area contributed by atoms with Crippen LogP contribution in [0.4, 0.5) is 5.69 Å². The normalized spacial score (nSPS) is 21.5. The van der Waals surface area contributed by atoms with Gasteiger partial charge in [-0.3, -0.25) is 0 Å². The van der Waals surface area contributed by atoms with Crippen LogP contribution in [0, 0.1) is 0 Å². The van der Waals surface area contributed by atoms with Crippen molar-refractivity contribution < 1.29 is 9.32 Å². The predicted molar refractivity (Wildman–Crippen MR) is 88.7 cm³/mol. The molecule has 4 N–H and O–H groups in total. The van der Waals surface area contributed by atoms with Crippen LogP contribution in [0.2, 0.25) is 0 Å². The second-order valence-corrected chi connectivity index (χ2v) is 6.84. The molecule has 0 aromatic heterocycles. The van der Waals surface area contributed by atoms with E-state index in [2.05, 4.69) is 11.6 Å². The number of hydrogen-bond acceptors (Lipinski definition) is 3. The summed E-state index contributed by atoms with van der Waals surface area (Å²) in [6, 6.07) is 12.9. The Morgan fingerprint density at radius 2 is 2.00 bits per heavy atom. The summed E-state index contributed by atoms with van der Waals surface area (Å²) in [5.41, 5.74) is 9.68. The Hall–Kier alpha value is -1.69. The second kappa shape index (κ2) is 6.20. The average molecular weight is 316 g/mol. The molecule has 0 amide bonds. The number of nitrogens with one attached hydrogen (secondary N) is 1. The van der Waals surface area contributed by atoms with E-state index >= 15 is 0 Å². The van der Waals surface area contributed by atoms with Crippen LogP contribution >= 0.6 is 0 Å². The van der Waals surface area contributed by atoms with E-state index in [-0.39, 0.29) is 6.04 Å². The summed E-state index contributed by atoms with van der Waals surface area (Å²) in [4.78, 5) is 0.710. The van der Waals surface area contributed by atoms with Crippen LogP contribution < -0.4 is 10.5 Å². The third kappa shape index (κ3) is 2.92. The highest BCUT2D eigenvalue weighted by Crippen LogP contribution is 2.33. The number of nitrogen functional groups attached to an aromatic ring is 1. The summed E-state index contributed by atoms with van der Waals surface area (Å²) in [6.45, 7) is 2.08. The van der Waals surface area contributed by atoms with Crippen molar-refractivity contribution in [3.63, 3.8) is 0 Å². The first kappa shape index (κ1) is 15.2. The number of hydrogen-bond donors (Lipinski definition) is 3. The van der Waals surface area contributed by atoms with E-state index in [9.17, 15) is 9.32 Å². The van der Waals surface area contributed by atoms with Crippen molar-refractivity contribution in [2.45, 2.75) is 36.8 Å². The Kier molecular flexibility index (Phi) is 4.29. The van der Waals surface area contributed by atoms with Crippen molar-refractivity contribution in [3.05, 3.63) is 59.2 Å². The monoisotopic (exact) mass is 316 g/mol. The lowest BCUT2D eigenvalue weighted by Crippen LogP contribution is -2.30. The topological polar surface area (TPSA) is 75.4 Å². The van der Waals surface area contributed by atoms with E-state index in [0.29, 0.717) is 17.0 Å². The minimum Gasteiger partial charge on any atom is -0.399 e. The summed E-state index contributed by atoms with van der Waals surface area (Å²) < 4.78 is 15.5. The van der Waals surface area contributed by atoms with Crippen molar-refractivity contribution in [2.24, 2.45) is 0 Å². The van der Waals surface area contributed by atoms with Gasteiger partial charge in [0.2, 0.25) is 0 Å². The maximum atomic E-state index is 12.5. The maximum Gasteiger partial charge on any atom is 0.125 e. The highest BCUT2D eigenvalue weighted by Gasteiger charge is 2.32. The standard InChI is InChI=1S/C17H20N2O2S/c1-2-11-3-7-14(8-4-11)22(21)19-17-15-10-13(18)6-5-12(15)9-16(17)20/h3-8,10,16-17,19-20H,2,9,18H2,1H3/t16-,17?,22?/m1/s1. The molecule has 1 aliphatic rings. The summed E-state index contributed by atoms with van der Waals surface area (Å²) in [5, 5.41) is 10.2. The fraction of sp³-hybridized carbons (Fsp3) is 0.294. The molecule has 2 aromatic carbocycles. The van der Waals surface area contributed by atoms with Crippen LogP contribution in [-0.2, 0) is 23.8 Å². The van der Waals surface area contributed by atoms with Gasteiger partial charge in [0, 0.05) is 12.1 Å². The molecule has 4 nitrogen and oxygen atoms in total. The molecule has 2 aromatic rings. The number of aliphatic hydroxyl groups excluding tert-OH is 1. The molecule has 3 rings (SSSR count). The Balaban J connectivity index is 1.80. The number of fused-ring (bicyclic) bond motifs is 1. The maximum absolute atomic E-state index is 12.5. The van der Waals surface area contributed by atoms with E-state index in [1.165, 1.54) is 5.56 Å². The van der Waals surface area contributed by atoms with Gasteiger partial charge in [-0.15, -0.1) is 0 Å². The fourth-order valence-corrected chi connectivity index (χ4v) is 3.85. The fourth-order valence-electron chi connectivity index (χ4n) is 2.81. The first-order valence-corrected chi connectivity index (χ1v) is 8.56. The van der Waals surface area contributed by atoms with Crippen LogP contribution in [0.3, 0.4) is 0 Å². The zero-order valence-electron chi connectivity index (χ0n) is 12.5. The Labute approximate surface area is 133 Å². The number of rotatable bonds is 4. The van der Waals surface area contributed by atoms with Gasteiger partial charge in [-0.25, -0.2) is 8.93 Å². The quantitative estimate of drug-likeness (QED) is 0.756. The summed E-state index contributed by atoms with van der Waals surface area (Å²) in [6.07, 6.45) is 0.920. The second-order valence-electron chi connectivity index (χ2n) is 5.59. The molecule has 0 saturated carbocycles. The highest BCUT2D eigenvalue weighted by molar-refractivity contribution is 7.83. The van der Waals surface area contributed by atoms with Gasteiger partial charge in [-0.2, -0.15) is 0 Å². The first-order valence-electron chi connectivity index (χ1n) is 7.41. The van der Waals surface area contributed by atoms with Crippen molar-refractivity contribution in [2.75, 3.05) is 5.73 Å². The lowest BCUT2D eigenvalue weighted by atomic mass is 10.1. The lowest BCUT2D eigenvalue weighted by molar-refractivity contribution is 0.152. The minimum atomic E-state index is -1.37. The van der Waals surface area contributed by atoms with Crippen LogP contribution in [0.15, 0.2) is 47.4 Å². The summed E-state index contributed by atoms with van der Waals surface area (Å²) in [5.74, 6) is 0.